The van der Waals surface area contributed by atoms with Crippen LogP contribution < -0.4 is 16.1 Å². The minimum atomic E-state index is -2.62. The first-order valence-electron chi connectivity index (χ1n) is 9.35. The van der Waals surface area contributed by atoms with Crippen molar-refractivity contribution >= 4 is 47.8 Å². The van der Waals surface area contributed by atoms with Crippen molar-refractivity contribution in [2.75, 3.05) is 31.8 Å². The fraction of sp³-hybridized carbons (Fsp3) is 0.529. The molecule has 1 aliphatic rings. The minimum absolute atomic E-state index is 0.0728. The van der Waals surface area contributed by atoms with Gasteiger partial charge in [0.05, 0.1) is 20.0 Å². The number of nitrogens with two attached hydrogens (primary N) is 1. The van der Waals surface area contributed by atoms with Crippen molar-refractivity contribution in [3.05, 3.63) is 6.33 Å². The number of aliphatic hydroxyl groups is 1. The number of carbonyl (C=O) groups is 1. The first-order chi connectivity index (χ1) is 15.2. The van der Waals surface area contributed by atoms with Crippen molar-refractivity contribution in [3.63, 3.8) is 0 Å². The van der Waals surface area contributed by atoms with Crippen molar-refractivity contribution in [1.29, 1.82) is 0 Å². The topological polar surface area (TPSA) is 159 Å². The van der Waals surface area contributed by atoms with Crippen LogP contribution in [-0.2, 0) is 30.6 Å². The van der Waals surface area contributed by atoms with Crippen LogP contribution in [0, 0.1) is 12.3 Å². The molecule has 0 spiro atoms. The normalized spacial score (nSPS) is 27.1. The van der Waals surface area contributed by atoms with Gasteiger partial charge in [0.2, 0.25) is 11.6 Å². The molecule has 0 aromatic carbocycles. The molecule has 0 radical (unpaired) electrons. The Morgan fingerprint density at radius 3 is 2.97 bits per heavy atom. The van der Waals surface area contributed by atoms with E-state index in [0.29, 0.717) is 11.3 Å². The van der Waals surface area contributed by atoms with Crippen LogP contribution in [-0.4, -0.2) is 75.3 Å². The number of terminal acetylenes is 1. The summed E-state index contributed by atoms with van der Waals surface area (Å²) in [6.45, 7) is 1.29. The maximum Gasteiger partial charge on any atom is 0.322 e. The molecule has 1 fully saturated rings. The summed E-state index contributed by atoms with van der Waals surface area (Å²) in [5.74, 6) is 1.73. The van der Waals surface area contributed by atoms with Crippen molar-refractivity contribution in [2.45, 2.75) is 37.1 Å². The highest BCUT2D eigenvalue weighted by Gasteiger charge is 2.58. The summed E-state index contributed by atoms with van der Waals surface area (Å²) < 4.78 is 32.8. The van der Waals surface area contributed by atoms with Gasteiger partial charge in [0.15, 0.2) is 23.2 Å². The van der Waals surface area contributed by atoms with Crippen LogP contribution in [0.3, 0.4) is 0 Å². The van der Waals surface area contributed by atoms with E-state index in [1.54, 1.807) is 14.0 Å². The Hall–Kier alpha value is -2.40. The zero-order valence-electron chi connectivity index (χ0n) is 17.4. The number of hydrogen-bond donors (Lipinski definition) is 4. The first-order valence-corrected chi connectivity index (χ1v) is 11.9. The van der Waals surface area contributed by atoms with Gasteiger partial charge < -0.3 is 30.2 Å². The minimum Gasteiger partial charge on any atom is -0.468 e. The molecule has 0 amide bonds. The number of imidazole rings is 1. The third-order valence-electron chi connectivity index (χ3n) is 4.86. The number of nitrogens with one attached hydrogen (secondary N) is 2. The number of anilines is 2. The molecule has 5 N–H and O–H groups in total. The number of ether oxygens (including phenoxy) is 2. The molecule has 0 saturated carbocycles. The zero-order valence-corrected chi connectivity index (χ0v) is 19.2. The Bertz CT molecular complexity index is 1080. The Kier molecular flexibility index (Phi) is 7.29. The second kappa shape index (κ2) is 9.62. The molecule has 1 unspecified atom stereocenters. The second-order valence-corrected chi connectivity index (χ2v) is 9.14. The molecule has 6 atom stereocenters. The van der Waals surface area contributed by atoms with Gasteiger partial charge in [-0.2, -0.15) is 9.97 Å². The van der Waals surface area contributed by atoms with Gasteiger partial charge in [-0.05, 0) is 6.92 Å². The summed E-state index contributed by atoms with van der Waals surface area (Å²) in [4.78, 5) is 23.8. The highest BCUT2D eigenvalue weighted by Crippen LogP contribution is 2.43. The highest BCUT2D eigenvalue weighted by atomic mass is 32.4. The summed E-state index contributed by atoms with van der Waals surface area (Å²) in [6.07, 6.45) is 2.34. The van der Waals surface area contributed by atoms with Crippen molar-refractivity contribution in [2.24, 2.45) is 0 Å². The van der Waals surface area contributed by atoms with E-state index in [4.69, 9.17) is 33.2 Å². The number of nitrogens with zero attached hydrogens (tertiary/aromatic N) is 4. The number of methoxy groups -OCH3 is 1. The lowest BCUT2D eigenvalue weighted by atomic mass is 9.97. The molecule has 1 saturated heterocycles. The maximum absolute atomic E-state index is 15.7. The molecule has 1 aliphatic heterocycles. The number of halogens is 1. The highest BCUT2D eigenvalue weighted by molar-refractivity contribution is 8.02. The van der Waals surface area contributed by atoms with Gasteiger partial charge in [0, 0.05) is 7.05 Å². The summed E-state index contributed by atoms with van der Waals surface area (Å²) in [5, 5.41) is 16.2. The number of aliphatic hydroxyl groups excluding tert-OH is 1. The summed E-state index contributed by atoms with van der Waals surface area (Å²) in [6, 6.07) is -0.691. The third kappa shape index (κ3) is 4.40. The SMILES string of the molecule is C#C[C@@]1(F)[C@H](O)[C@@H](CO[PH](=S)N[C@H](C)C(=O)OC)O[C@H]1n1cnc2c(NC)nc(N)nc21. The van der Waals surface area contributed by atoms with Gasteiger partial charge in [0.25, 0.3) is 0 Å². The molecule has 2 aromatic heterocycles. The number of rotatable bonds is 8. The summed E-state index contributed by atoms with van der Waals surface area (Å²) in [7, 11) is 0.754. The number of nitrogen functional groups attached to an aromatic ring is 1. The smallest absolute Gasteiger partial charge is 0.322 e. The predicted molar refractivity (Wildman–Crippen MR) is 118 cm³/mol. The Morgan fingerprint density at radius 2 is 2.34 bits per heavy atom. The number of carbonyl (C=O) groups excluding carboxylic acids is 1. The Balaban J connectivity index is 1.82. The largest absolute Gasteiger partial charge is 0.468 e. The van der Waals surface area contributed by atoms with E-state index < -0.39 is 43.2 Å². The van der Waals surface area contributed by atoms with Gasteiger partial charge in [-0.15, -0.1) is 6.42 Å². The molecule has 3 rings (SSSR count). The lowest BCUT2D eigenvalue weighted by Gasteiger charge is -2.23. The van der Waals surface area contributed by atoms with Crippen molar-refractivity contribution < 1.29 is 28.3 Å². The molecule has 3 heterocycles. The molecule has 12 nitrogen and oxygen atoms in total. The van der Waals surface area contributed by atoms with E-state index in [1.807, 2.05) is 5.92 Å². The van der Waals surface area contributed by atoms with Gasteiger partial charge in [-0.1, -0.05) is 17.7 Å². The molecular formula is C17H23FN7O5PS. The van der Waals surface area contributed by atoms with Gasteiger partial charge in [0.1, 0.15) is 25.3 Å². The van der Waals surface area contributed by atoms with E-state index in [0.717, 1.165) is 0 Å². The molecule has 2 aromatic rings. The van der Waals surface area contributed by atoms with Gasteiger partial charge in [-0.3, -0.25) is 14.4 Å². The van der Waals surface area contributed by atoms with E-state index in [2.05, 4.69) is 30.1 Å². The summed E-state index contributed by atoms with van der Waals surface area (Å²) in [5.41, 5.74) is 3.60. The summed E-state index contributed by atoms with van der Waals surface area (Å²) >= 11 is 5.19. The zero-order chi connectivity index (χ0) is 23.6. The second-order valence-electron chi connectivity index (χ2n) is 6.88. The fourth-order valence-electron chi connectivity index (χ4n) is 3.20. The van der Waals surface area contributed by atoms with Crippen LogP contribution >= 0.6 is 7.07 Å². The van der Waals surface area contributed by atoms with Crippen molar-refractivity contribution in [1.82, 2.24) is 24.6 Å². The van der Waals surface area contributed by atoms with Crippen LogP contribution in [0.2, 0.25) is 0 Å². The maximum atomic E-state index is 15.7. The number of aromatic nitrogens is 4. The quantitative estimate of drug-likeness (QED) is 0.220. The van der Waals surface area contributed by atoms with Gasteiger partial charge >= 0.3 is 5.97 Å². The first kappa shape index (κ1) is 24.2. The van der Waals surface area contributed by atoms with Crippen LogP contribution in [0.1, 0.15) is 13.2 Å². The van der Waals surface area contributed by atoms with Crippen LogP contribution in [0.5, 0.6) is 0 Å². The monoisotopic (exact) mass is 487 g/mol. The molecular weight excluding hydrogens is 464 g/mol. The number of esters is 1. The van der Waals surface area contributed by atoms with Crippen molar-refractivity contribution in [3.8, 4) is 12.3 Å². The average molecular weight is 487 g/mol. The molecule has 174 valence electrons. The lowest BCUT2D eigenvalue weighted by Crippen LogP contribution is -2.42. The van der Waals surface area contributed by atoms with Crippen LogP contribution in [0.25, 0.3) is 11.2 Å². The van der Waals surface area contributed by atoms with Crippen LogP contribution in [0.4, 0.5) is 16.2 Å². The number of fused-ring (bicyclic) bond motifs is 1. The molecule has 0 aliphatic carbocycles. The lowest BCUT2D eigenvalue weighted by molar-refractivity contribution is -0.142. The Morgan fingerprint density at radius 1 is 1.62 bits per heavy atom. The van der Waals surface area contributed by atoms with E-state index in [9.17, 15) is 9.90 Å². The number of hydrogen-bond acceptors (Lipinski definition) is 11. The molecule has 0 bridgehead atoms. The number of alkyl halides is 1. The molecule has 15 heteroatoms. The molecule has 32 heavy (non-hydrogen) atoms. The van der Waals surface area contributed by atoms with Crippen LogP contribution in [0.15, 0.2) is 6.33 Å². The third-order valence-corrected chi connectivity index (χ3v) is 6.67. The van der Waals surface area contributed by atoms with E-state index >= 15 is 4.39 Å². The average Bonchev–Trinajstić information content (AvgIpc) is 3.30. The van der Waals surface area contributed by atoms with Gasteiger partial charge in [-0.25, -0.2) is 9.37 Å². The standard InChI is InChI=1S/C17H23FN7O5PS/c1-5-17(18)11(26)9(6-29-31(32)24-8(2)14(27)28-4)30-15(17)25-7-21-10-12(20-3)22-16(19)23-13(10)25/h1,7-9,11,15,26,31H,6H2,2-4H3,(H,24,32)(H3,19,20,22,23)/t8-,9-,11-,15-,17-/m1/s1. The fourth-order valence-corrected chi connectivity index (χ4v) is 4.81. The Labute approximate surface area is 188 Å². The predicted octanol–water partition coefficient (Wildman–Crippen LogP) is -0.276. The van der Waals surface area contributed by atoms with E-state index in [-0.39, 0.29) is 18.2 Å². The van der Waals surface area contributed by atoms with E-state index in [1.165, 1.54) is 18.0 Å².